The van der Waals surface area contributed by atoms with Crippen LogP contribution in [0.1, 0.15) is 48.0 Å². The molecule has 0 fully saturated rings. The second kappa shape index (κ2) is 6.37. The molecular weight excluding hydrogens is 242 g/mol. The van der Waals surface area contributed by atoms with Gasteiger partial charge in [-0.05, 0) is 26.2 Å². The standard InChI is InChI=1S/C14H29N3O2/c1-13(2,3)10(15)8-12(19)17(7)9-11(18)16-14(4,5)6/h10H,8-9,15H2,1-7H3,(H,16,18). The number of likely N-dealkylation sites (N-methyl/N-ethyl adjacent to an activating group) is 1. The Kier molecular flexibility index (Phi) is 6.00. The van der Waals surface area contributed by atoms with Gasteiger partial charge in [0.25, 0.3) is 0 Å². The first kappa shape index (κ1) is 17.9. The number of rotatable bonds is 4. The Balaban J connectivity index is 4.33. The third kappa shape index (κ3) is 7.82. The van der Waals surface area contributed by atoms with Crippen molar-refractivity contribution in [3.63, 3.8) is 0 Å². The molecule has 2 amide bonds. The molecule has 3 N–H and O–H groups in total. The van der Waals surface area contributed by atoms with Crippen LogP contribution in [0.3, 0.4) is 0 Å². The normalized spacial score (nSPS) is 13.9. The number of nitrogens with zero attached hydrogens (tertiary/aromatic N) is 1. The van der Waals surface area contributed by atoms with E-state index in [-0.39, 0.29) is 41.8 Å². The number of carbonyl (C=O) groups excluding carboxylic acids is 2. The van der Waals surface area contributed by atoms with E-state index in [4.69, 9.17) is 5.73 Å². The molecule has 0 bridgehead atoms. The molecule has 0 aliphatic heterocycles. The monoisotopic (exact) mass is 271 g/mol. The average molecular weight is 271 g/mol. The fourth-order valence-corrected chi connectivity index (χ4v) is 1.41. The van der Waals surface area contributed by atoms with E-state index < -0.39 is 0 Å². The van der Waals surface area contributed by atoms with Crippen molar-refractivity contribution in [2.45, 2.75) is 59.5 Å². The molecular formula is C14H29N3O2. The lowest BCUT2D eigenvalue weighted by Gasteiger charge is -2.28. The summed E-state index contributed by atoms with van der Waals surface area (Å²) >= 11 is 0. The summed E-state index contributed by atoms with van der Waals surface area (Å²) < 4.78 is 0. The van der Waals surface area contributed by atoms with Crippen LogP contribution in [0.25, 0.3) is 0 Å². The van der Waals surface area contributed by atoms with Crippen molar-refractivity contribution in [1.82, 2.24) is 10.2 Å². The predicted octanol–water partition coefficient (Wildman–Crippen LogP) is 1.12. The first-order chi connectivity index (χ1) is 8.33. The molecule has 0 heterocycles. The largest absolute Gasteiger partial charge is 0.350 e. The van der Waals surface area contributed by atoms with Crippen LogP contribution in [-0.4, -0.2) is 41.9 Å². The van der Waals surface area contributed by atoms with Gasteiger partial charge >= 0.3 is 0 Å². The molecule has 0 aromatic heterocycles. The SMILES string of the molecule is CN(CC(=O)NC(C)(C)C)C(=O)CC(N)C(C)(C)C. The first-order valence-electron chi connectivity index (χ1n) is 6.63. The second-order valence-electron chi connectivity index (χ2n) is 7.22. The maximum absolute atomic E-state index is 12.0. The van der Waals surface area contributed by atoms with Gasteiger partial charge in [0.05, 0.1) is 6.54 Å². The Hall–Kier alpha value is -1.10. The van der Waals surface area contributed by atoms with Crippen LogP contribution < -0.4 is 11.1 Å². The van der Waals surface area contributed by atoms with Crippen molar-refractivity contribution in [2.24, 2.45) is 11.1 Å². The molecule has 5 heteroatoms. The Morgan fingerprint density at radius 2 is 1.63 bits per heavy atom. The van der Waals surface area contributed by atoms with Gasteiger partial charge in [-0.1, -0.05) is 20.8 Å². The minimum atomic E-state index is -0.289. The summed E-state index contributed by atoms with van der Waals surface area (Å²) in [5.74, 6) is -0.265. The van der Waals surface area contributed by atoms with E-state index in [0.29, 0.717) is 0 Å². The molecule has 5 nitrogen and oxygen atoms in total. The maximum atomic E-state index is 12.0. The summed E-state index contributed by atoms with van der Waals surface area (Å²) in [5.41, 5.74) is 5.56. The van der Waals surface area contributed by atoms with Crippen LogP contribution in [0.5, 0.6) is 0 Å². The highest BCUT2D eigenvalue weighted by Crippen LogP contribution is 2.20. The highest BCUT2D eigenvalue weighted by atomic mass is 16.2. The minimum absolute atomic E-state index is 0.0625. The van der Waals surface area contributed by atoms with Crippen molar-refractivity contribution < 1.29 is 9.59 Å². The zero-order valence-corrected chi connectivity index (χ0v) is 13.3. The van der Waals surface area contributed by atoms with Gasteiger partial charge in [0.2, 0.25) is 11.8 Å². The lowest BCUT2D eigenvalue weighted by atomic mass is 9.85. The molecule has 0 aliphatic carbocycles. The van der Waals surface area contributed by atoms with Crippen LogP contribution in [0.4, 0.5) is 0 Å². The van der Waals surface area contributed by atoms with Crippen molar-refractivity contribution in [2.75, 3.05) is 13.6 Å². The van der Waals surface area contributed by atoms with Crippen LogP contribution >= 0.6 is 0 Å². The van der Waals surface area contributed by atoms with E-state index in [2.05, 4.69) is 5.32 Å². The molecule has 0 radical (unpaired) electrons. The molecule has 0 aromatic rings. The summed E-state index contributed by atoms with van der Waals surface area (Å²) in [6, 6.07) is -0.215. The van der Waals surface area contributed by atoms with Gasteiger partial charge in [-0.3, -0.25) is 9.59 Å². The van der Waals surface area contributed by atoms with Crippen LogP contribution in [0.2, 0.25) is 0 Å². The van der Waals surface area contributed by atoms with Gasteiger partial charge in [0, 0.05) is 25.0 Å². The smallest absolute Gasteiger partial charge is 0.240 e. The number of nitrogens with two attached hydrogens (primary N) is 1. The highest BCUT2D eigenvalue weighted by Gasteiger charge is 2.25. The number of nitrogens with one attached hydrogen (secondary N) is 1. The lowest BCUT2D eigenvalue weighted by molar-refractivity contribution is -0.135. The van der Waals surface area contributed by atoms with Gasteiger partial charge in [-0.15, -0.1) is 0 Å². The summed E-state index contributed by atoms with van der Waals surface area (Å²) in [4.78, 5) is 25.1. The number of hydrogen-bond donors (Lipinski definition) is 2. The molecule has 0 aliphatic rings. The van der Waals surface area contributed by atoms with E-state index in [0.717, 1.165) is 0 Å². The number of amides is 2. The maximum Gasteiger partial charge on any atom is 0.240 e. The molecule has 0 saturated heterocycles. The molecule has 0 aromatic carbocycles. The van der Waals surface area contributed by atoms with Crippen molar-refractivity contribution >= 4 is 11.8 Å². The quantitative estimate of drug-likeness (QED) is 0.804. The van der Waals surface area contributed by atoms with E-state index >= 15 is 0 Å². The third-order valence-corrected chi connectivity index (χ3v) is 2.83. The first-order valence-corrected chi connectivity index (χ1v) is 6.63. The Morgan fingerprint density at radius 1 is 1.16 bits per heavy atom. The van der Waals surface area contributed by atoms with Gasteiger partial charge in [0.1, 0.15) is 0 Å². The van der Waals surface area contributed by atoms with E-state index in [1.807, 2.05) is 41.5 Å². The van der Waals surface area contributed by atoms with Crippen molar-refractivity contribution in [1.29, 1.82) is 0 Å². The molecule has 0 spiro atoms. The van der Waals surface area contributed by atoms with Gasteiger partial charge in [-0.2, -0.15) is 0 Å². The Morgan fingerprint density at radius 3 is 2.00 bits per heavy atom. The van der Waals surface area contributed by atoms with Crippen LogP contribution in [0, 0.1) is 5.41 Å². The summed E-state index contributed by atoms with van der Waals surface area (Å²) in [5, 5.41) is 2.82. The van der Waals surface area contributed by atoms with Gasteiger partial charge < -0.3 is 16.0 Å². The summed E-state index contributed by atoms with van der Waals surface area (Å²) in [6.45, 7) is 11.8. The number of carbonyl (C=O) groups is 2. The van der Waals surface area contributed by atoms with Gasteiger partial charge in [-0.25, -0.2) is 0 Å². The Labute approximate surface area is 116 Å². The predicted molar refractivity (Wildman–Crippen MR) is 77.6 cm³/mol. The van der Waals surface area contributed by atoms with Gasteiger partial charge in [0.15, 0.2) is 0 Å². The minimum Gasteiger partial charge on any atom is -0.350 e. The molecule has 0 rings (SSSR count). The average Bonchev–Trinajstić information content (AvgIpc) is 2.12. The zero-order valence-electron chi connectivity index (χ0n) is 13.3. The molecule has 1 atom stereocenters. The molecule has 112 valence electrons. The summed E-state index contributed by atoms with van der Waals surface area (Å²) in [7, 11) is 1.62. The van der Waals surface area contributed by atoms with Crippen molar-refractivity contribution in [3.05, 3.63) is 0 Å². The fourth-order valence-electron chi connectivity index (χ4n) is 1.41. The molecule has 19 heavy (non-hydrogen) atoms. The molecule has 1 unspecified atom stereocenters. The Bertz CT molecular complexity index is 327. The lowest BCUT2D eigenvalue weighted by Crippen LogP contribution is -2.47. The number of hydrogen-bond acceptors (Lipinski definition) is 3. The van der Waals surface area contributed by atoms with Crippen molar-refractivity contribution in [3.8, 4) is 0 Å². The third-order valence-electron chi connectivity index (χ3n) is 2.83. The molecule has 0 saturated carbocycles. The summed E-state index contributed by atoms with van der Waals surface area (Å²) in [6.07, 6.45) is 0.253. The van der Waals surface area contributed by atoms with E-state index in [1.54, 1.807) is 7.05 Å². The second-order valence-corrected chi connectivity index (χ2v) is 7.22. The zero-order chi connectivity index (χ0) is 15.4. The highest BCUT2D eigenvalue weighted by molar-refractivity contribution is 5.85. The van der Waals surface area contributed by atoms with Crippen LogP contribution in [-0.2, 0) is 9.59 Å². The fraction of sp³-hybridized carbons (Fsp3) is 0.857. The topological polar surface area (TPSA) is 75.4 Å². The van der Waals surface area contributed by atoms with Crippen LogP contribution in [0.15, 0.2) is 0 Å². The van der Waals surface area contributed by atoms with E-state index in [9.17, 15) is 9.59 Å². The van der Waals surface area contributed by atoms with E-state index in [1.165, 1.54) is 4.90 Å².